The van der Waals surface area contributed by atoms with Crippen LogP contribution in [-0.2, 0) is 4.79 Å². The lowest BCUT2D eigenvalue weighted by molar-refractivity contribution is -0.689. The van der Waals surface area contributed by atoms with Gasteiger partial charge in [0.1, 0.15) is 0 Å². The summed E-state index contributed by atoms with van der Waals surface area (Å²) in [6.07, 6.45) is 3.53. The topological polar surface area (TPSA) is 20.9 Å². The average molecular weight is 171 g/mol. The summed E-state index contributed by atoms with van der Waals surface area (Å²) in [5, 5.41) is 0. The van der Waals surface area contributed by atoms with Crippen LogP contribution in [0.1, 0.15) is 12.4 Å². The molecule has 1 aromatic heterocycles. The van der Waals surface area contributed by atoms with Crippen molar-refractivity contribution in [3.8, 4) is 0 Å². The van der Waals surface area contributed by atoms with Crippen LogP contribution in [-0.4, -0.2) is 5.78 Å². The van der Waals surface area contributed by atoms with E-state index < -0.39 is 5.50 Å². The van der Waals surface area contributed by atoms with Gasteiger partial charge in [-0.3, -0.25) is 4.79 Å². The van der Waals surface area contributed by atoms with E-state index in [4.69, 9.17) is 11.6 Å². The number of hydrogen-bond donors (Lipinski definition) is 0. The summed E-state index contributed by atoms with van der Waals surface area (Å²) in [5.74, 6) is -0.0529. The number of carbonyl (C=O) groups is 1. The number of alkyl halides is 1. The van der Waals surface area contributed by atoms with E-state index in [9.17, 15) is 4.79 Å². The van der Waals surface area contributed by atoms with Gasteiger partial charge in [0.15, 0.2) is 12.4 Å². The van der Waals surface area contributed by atoms with Gasteiger partial charge in [-0.1, -0.05) is 6.07 Å². The molecular weight excluding hydrogens is 162 g/mol. The van der Waals surface area contributed by atoms with Crippen molar-refractivity contribution in [2.45, 2.75) is 12.4 Å². The van der Waals surface area contributed by atoms with Crippen molar-refractivity contribution in [3.05, 3.63) is 30.6 Å². The Labute approximate surface area is 70.4 Å². The summed E-state index contributed by atoms with van der Waals surface area (Å²) >= 11 is 5.75. The number of halogens is 1. The molecule has 0 aromatic carbocycles. The fraction of sp³-hybridized carbons (Fsp3) is 0.250. The Hall–Kier alpha value is -0.890. The third kappa shape index (κ3) is 2.02. The SMILES string of the molecule is CC(=O)C(Cl)[n+]1ccccc1. The van der Waals surface area contributed by atoms with E-state index in [1.807, 2.05) is 18.2 Å². The van der Waals surface area contributed by atoms with E-state index in [0.29, 0.717) is 0 Å². The Kier molecular flexibility index (Phi) is 2.60. The van der Waals surface area contributed by atoms with E-state index in [0.717, 1.165) is 0 Å². The second kappa shape index (κ2) is 3.49. The highest BCUT2D eigenvalue weighted by Crippen LogP contribution is 2.02. The Morgan fingerprint density at radius 1 is 1.36 bits per heavy atom. The van der Waals surface area contributed by atoms with Crippen molar-refractivity contribution in [1.82, 2.24) is 0 Å². The first kappa shape index (κ1) is 8.21. The molecule has 0 saturated heterocycles. The number of rotatable bonds is 2. The standard InChI is InChI=1S/C8H9ClNO/c1-7(11)8(9)10-5-3-2-4-6-10/h2-6,8H,1H3/q+1. The van der Waals surface area contributed by atoms with Crippen LogP contribution in [0.4, 0.5) is 0 Å². The van der Waals surface area contributed by atoms with E-state index in [-0.39, 0.29) is 5.78 Å². The van der Waals surface area contributed by atoms with Crippen LogP contribution in [0, 0.1) is 0 Å². The molecular formula is C8H9ClNO+. The molecule has 0 bridgehead atoms. The van der Waals surface area contributed by atoms with Crippen molar-refractivity contribution in [2.75, 3.05) is 0 Å². The van der Waals surface area contributed by atoms with Gasteiger partial charge < -0.3 is 0 Å². The maximum atomic E-state index is 10.8. The van der Waals surface area contributed by atoms with Crippen molar-refractivity contribution in [1.29, 1.82) is 0 Å². The van der Waals surface area contributed by atoms with Gasteiger partial charge >= 0.3 is 0 Å². The highest BCUT2D eigenvalue weighted by Gasteiger charge is 2.18. The van der Waals surface area contributed by atoms with Crippen LogP contribution < -0.4 is 4.57 Å². The van der Waals surface area contributed by atoms with Crippen molar-refractivity contribution in [3.63, 3.8) is 0 Å². The number of aromatic nitrogens is 1. The molecule has 0 spiro atoms. The molecule has 0 fully saturated rings. The summed E-state index contributed by atoms with van der Waals surface area (Å²) in [7, 11) is 0. The quantitative estimate of drug-likeness (QED) is 0.484. The zero-order chi connectivity index (χ0) is 8.27. The average Bonchev–Trinajstić information content (AvgIpc) is 2.05. The molecule has 2 nitrogen and oxygen atoms in total. The van der Waals surface area contributed by atoms with Crippen LogP contribution in [0.2, 0.25) is 0 Å². The predicted molar refractivity (Wildman–Crippen MR) is 42.2 cm³/mol. The van der Waals surface area contributed by atoms with Gasteiger partial charge in [0.25, 0.3) is 5.50 Å². The minimum absolute atomic E-state index is 0.0529. The fourth-order valence-electron chi connectivity index (χ4n) is 0.773. The molecule has 11 heavy (non-hydrogen) atoms. The van der Waals surface area contributed by atoms with Gasteiger partial charge in [0, 0.05) is 19.1 Å². The molecule has 1 unspecified atom stereocenters. The second-order valence-electron chi connectivity index (χ2n) is 2.27. The minimum atomic E-state index is -0.573. The molecule has 0 amide bonds. The van der Waals surface area contributed by atoms with E-state index in [1.165, 1.54) is 6.92 Å². The number of ketones is 1. The van der Waals surface area contributed by atoms with E-state index in [2.05, 4.69) is 0 Å². The van der Waals surface area contributed by atoms with Crippen LogP contribution in [0.5, 0.6) is 0 Å². The van der Waals surface area contributed by atoms with Gasteiger partial charge in [0.05, 0.1) is 0 Å². The molecule has 1 aromatic rings. The van der Waals surface area contributed by atoms with E-state index in [1.54, 1.807) is 17.0 Å². The van der Waals surface area contributed by atoms with Crippen molar-refractivity contribution in [2.24, 2.45) is 0 Å². The van der Waals surface area contributed by atoms with Gasteiger partial charge in [0.2, 0.25) is 5.78 Å². The largest absolute Gasteiger partial charge is 0.291 e. The summed E-state index contributed by atoms with van der Waals surface area (Å²) in [4.78, 5) is 10.8. The molecule has 0 radical (unpaired) electrons. The summed E-state index contributed by atoms with van der Waals surface area (Å²) in [6, 6.07) is 5.54. The van der Waals surface area contributed by atoms with Gasteiger partial charge in [-0.05, 0) is 11.6 Å². The minimum Gasteiger partial charge on any atom is -0.291 e. The van der Waals surface area contributed by atoms with Crippen molar-refractivity contribution < 1.29 is 9.36 Å². The van der Waals surface area contributed by atoms with Crippen LogP contribution in [0.15, 0.2) is 30.6 Å². The third-order valence-corrected chi connectivity index (χ3v) is 1.87. The molecule has 0 N–H and O–H groups in total. The second-order valence-corrected chi connectivity index (χ2v) is 2.68. The van der Waals surface area contributed by atoms with Crippen molar-refractivity contribution >= 4 is 17.4 Å². The normalized spacial score (nSPS) is 12.5. The third-order valence-electron chi connectivity index (χ3n) is 1.34. The summed E-state index contributed by atoms with van der Waals surface area (Å²) in [6.45, 7) is 1.47. The highest BCUT2D eigenvalue weighted by atomic mass is 35.5. The monoisotopic (exact) mass is 170 g/mol. The Balaban J connectivity index is 2.85. The molecule has 0 saturated carbocycles. The molecule has 1 rings (SSSR count). The van der Waals surface area contributed by atoms with Gasteiger partial charge in [-0.2, -0.15) is 4.57 Å². The zero-order valence-corrected chi connectivity index (χ0v) is 6.95. The molecule has 3 heteroatoms. The van der Waals surface area contributed by atoms with Gasteiger partial charge in [-0.25, -0.2) is 0 Å². The first-order chi connectivity index (χ1) is 5.22. The number of Topliss-reactive ketones (excluding diaryl/α,β-unsaturated/α-hetero) is 1. The number of pyridine rings is 1. The molecule has 58 valence electrons. The number of hydrogen-bond acceptors (Lipinski definition) is 1. The smallest absolute Gasteiger partial charge is 0.290 e. The Morgan fingerprint density at radius 2 is 1.91 bits per heavy atom. The van der Waals surface area contributed by atoms with E-state index >= 15 is 0 Å². The predicted octanol–water partition coefficient (Wildman–Crippen LogP) is 1.30. The van der Waals surface area contributed by atoms with Gasteiger partial charge in [-0.15, -0.1) is 0 Å². The zero-order valence-electron chi connectivity index (χ0n) is 6.20. The summed E-state index contributed by atoms with van der Waals surface area (Å²) < 4.78 is 1.66. The molecule has 0 aliphatic heterocycles. The maximum Gasteiger partial charge on any atom is 0.290 e. The summed E-state index contributed by atoms with van der Waals surface area (Å²) in [5.41, 5.74) is -0.573. The molecule has 1 heterocycles. The van der Waals surface area contributed by atoms with Crippen LogP contribution >= 0.6 is 11.6 Å². The molecule has 1 atom stereocenters. The lowest BCUT2D eigenvalue weighted by Crippen LogP contribution is -2.38. The number of carbonyl (C=O) groups excluding carboxylic acids is 1. The molecule has 0 aliphatic carbocycles. The highest BCUT2D eigenvalue weighted by molar-refractivity contribution is 6.27. The number of nitrogens with zero attached hydrogens (tertiary/aromatic N) is 1. The lowest BCUT2D eigenvalue weighted by Gasteiger charge is -1.97. The molecule has 0 aliphatic rings. The first-order valence-corrected chi connectivity index (χ1v) is 3.76. The first-order valence-electron chi connectivity index (χ1n) is 3.32. The fourth-order valence-corrected chi connectivity index (χ4v) is 0.903. The van der Waals surface area contributed by atoms with Crippen LogP contribution in [0.25, 0.3) is 0 Å². The Bertz CT molecular complexity index is 248. The lowest BCUT2D eigenvalue weighted by atomic mass is 10.4. The Morgan fingerprint density at radius 3 is 2.36 bits per heavy atom. The maximum absolute atomic E-state index is 10.8. The van der Waals surface area contributed by atoms with Crippen LogP contribution in [0.3, 0.4) is 0 Å².